The van der Waals surface area contributed by atoms with E-state index in [0.717, 1.165) is 6.42 Å². The monoisotopic (exact) mass is 516 g/mol. The summed E-state index contributed by atoms with van der Waals surface area (Å²) >= 11 is 0. The van der Waals surface area contributed by atoms with Crippen molar-refractivity contribution in [3.05, 3.63) is 6.33 Å². The number of imidazole rings is 1. The van der Waals surface area contributed by atoms with Crippen LogP contribution < -0.4 is 5.73 Å². The van der Waals surface area contributed by atoms with Crippen molar-refractivity contribution in [2.75, 3.05) is 19.5 Å². The molecule has 0 saturated carbocycles. The van der Waals surface area contributed by atoms with Gasteiger partial charge in [0.25, 0.3) is 0 Å². The van der Waals surface area contributed by atoms with Crippen molar-refractivity contribution in [2.24, 2.45) is 7.05 Å². The second kappa shape index (κ2) is 7.49. The molecule has 1 atom stereocenters. The predicted molar refractivity (Wildman–Crippen MR) is 70.6 cm³/mol. The Morgan fingerprint density at radius 2 is 2.10 bits per heavy atom. The molecule has 2 heterocycles. The van der Waals surface area contributed by atoms with E-state index in [1.807, 2.05) is 6.92 Å². The van der Waals surface area contributed by atoms with Crippen molar-refractivity contribution in [1.29, 1.82) is 0 Å². The molecule has 8 nitrogen and oxygen atoms in total. The average Bonchev–Trinajstić information content (AvgIpc) is 2.75. The van der Waals surface area contributed by atoms with Crippen LogP contribution >= 0.6 is 0 Å². The van der Waals surface area contributed by atoms with Crippen LogP contribution in [0.3, 0.4) is 0 Å². The number of ether oxygens (including phenoxy) is 1. The zero-order valence-corrected chi connectivity index (χ0v) is 14.3. The summed E-state index contributed by atoms with van der Waals surface area (Å²) in [4.78, 5) is 11.4. The molecule has 2 aromatic rings. The van der Waals surface area contributed by atoms with Crippen LogP contribution in [0.5, 0.6) is 5.88 Å². The Kier molecular flexibility index (Phi) is 6.40. The fourth-order valence-electron chi connectivity index (χ4n) is 1.38. The number of nitrogens with two attached hydrogens (primary N) is 1. The SMILES string of the molecule is CCC(CO)OC.Cn1cnc2c(O)nc(N)nc21.[Bk]. The summed E-state index contributed by atoms with van der Waals surface area (Å²) in [5.74, 6) is -0.137. The zero-order valence-electron chi connectivity index (χ0n) is 11.6. The standard InChI is InChI=1S/C6H7N5O.C5H12O2.Bk/c1-11-2-8-3-4(11)9-6(7)10-5(3)12;1-3-5(4-6)7-2;/h2H,1H3,(H3,7,9,10,12);5-6H,3-4H2,1-2H3;. The number of anilines is 1. The van der Waals surface area contributed by atoms with Gasteiger partial charge >= 0.3 is 0 Å². The number of fused-ring (bicyclic) bond motifs is 1. The smallest absolute Gasteiger partial charge is 0.244 e. The van der Waals surface area contributed by atoms with E-state index in [0.29, 0.717) is 11.2 Å². The van der Waals surface area contributed by atoms with Gasteiger partial charge in [0.15, 0.2) is 11.2 Å². The first-order valence-corrected chi connectivity index (χ1v) is 5.80. The van der Waals surface area contributed by atoms with Crippen LogP contribution in [0.25, 0.3) is 11.2 Å². The van der Waals surface area contributed by atoms with Crippen molar-refractivity contribution in [3.63, 3.8) is 0 Å². The second-order valence-electron chi connectivity index (χ2n) is 3.88. The number of hydrogen-bond donors (Lipinski definition) is 3. The molecule has 1 unspecified atom stereocenters. The molecule has 20 heavy (non-hydrogen) atoms. The number of aliphatic hydroxyl groups is 1. The number of nitrogen functional groups attached to an aromatic ring is 1. The van der Waals surface area contributed by atoms with Gasteiger partial charge in [0.2, 0.25) is 11.8 Å². The third kappa shape index (κ3) is 3.79. The molecule has 0 fully saturated rings. The van der Waals surface area contributed by atoms with Crippen molar-refractivity contribution >= 4 is 17.1 Å². The summed E-state index contributed by atoms with van der Waals surface area (Å²) < 4.78 is 6.46. The molecule has 115 valence electrons. The summed E-state index contributed by atoms with van der Waals surface area (Å²) in [5, 5.41) is 17.7. The maximum absolute atomic E-state index is 9.26. The van der Waals surface area contributed by atoms with Crippen LogP contribution in [0.15, 0.2) is 6.33 Å². The molecule has 0 aliphatic heterocycles. The summed E-state index contributed by atoms with van der Waals surface area (Å²) in [6, 6.07) is 0. The average molecular weight is 516 g/mol. The van der Waals surface area contributed by atoms with Gasteiger partial charge in [-0.05, 0) is 6.42 Å². The van der Waals surface area contributed by atoms with Crippen LogP contribution in [-0.4, -0.2) is 49.6 Å². The van der Waals surface area contributed by atoms with Gasteiger partial charge in [-0.2, -0.15) is 9.97 Å². The normalized spacial score (nSPS) is 11.4. The largest absolute Gasteiger partial charge is 0.492 e. The Hall–Kier alpha value is -2.93. The Bertz CT molecular complexity index is 524. The maximum atomic E-state index is 9.26. The predicted octanol–water partition coefficient (Wildman–Crippen LogP) is 0.0548. The van der Waals surface area contributed by atoms with Crippen LogP contribution in [0.1, 0.15) is 13.3 Å². The molecule has 2 aromatic heterocycles. The van der Waals surface area contributed by atoms with E-state index in [4.69, 9.17) is 15.6 Å². The molecular weight excluding hydrogens is 497 g/mol. The number of rotatable bonds is 3. The number of hydrogen-bond acceptors (Lipinski definition) is 7. The zero-order chi connectivity index (χ0) is 14.4. The topological polar surface area (TPSA) is 119 Å². The van der Waals surface area contributed by atoms with E-state index in [-0.39, 0.29) is 24.5 Å². The summed E-state index contributed by atoms with van der Waals surface area (Å²) in [6.07, 6.45) is 2.46. The van der Waals surface area contributed by atoms with Crippen LogP contribution in [0.4, 0.5) is 5.95 Å². The first kappa shape index (κ1) is 17.1. The van der Waals surface area contributed by atoms with E-state index in [1.165, 1.54) is 0 Å². The minimum atomic E-state index is -0.182. The van der Waals surface area contributed by atoms with Crippen molar-refractivity contribution in [2.45, 2.75) is 19.4 Å². The number of aromatic nitrogens is 4. The molecule has 0 bridgehead atoms. The van der Waals surface area contributed by atoms with Crippen LogP contribution in [-0.2, 0) is 11.8 Å². The number of nitrogens with zero attached hydrogens (tertiary/aromatic N) is 4. The molecule has 0 aromatic carbocycles. The van der Waals surface area contributed by atoms with E-state index >= 15 is 0 Å². The number of aromatic hydroxyl groups is 1. The Labute approximate surface area is 110 Å². The van der Waals surface area contributed by atoms with Gasteiger partial charge in [-0.25, -0.2) is 4.98 Å². The third-order valence-corrected chi connectivity index (χ3v) is 2.55. The Morgan fingerprint density at radius 3 is 2.55 bits per heavy atom. The number of aryl methyl sites for hydroxylation is 1. The summed E-state index contributed by atoms with van der Waals surface area (Å²) in [7, 11) is 3.37. The summed E-state index contributed by atoms with van der Waals surface area (Å²) in [6.45, 7) is 2.11. The molecule has 0 aliphatic rings. The first-order chi connectivity index (χ1) is 9.03. The Balaban J connectivity index is 0.000000396. The van der Waals surface area contributed by atoms with Gasteiger partial charge in [-0.3, -0.25) is 0 Å². The van der Waals surface area contributed by atoms with Crippen LogP contribution in [0, 0.1) is 0 Å². The number of methoxy groups -OCH3 is 1. The third-order valence-electron chi connectivity index (χ3n) is 2.55. The molecule has 0 saturated heterocycles. The molecule has 0 amide bonds. The molecule has 4 N–H and O–H groups in total. The minimum Gasteiger partial charge on any atom is -0.492 e. The van der Waals surface area contributed by atoms with Crippen LogP contribution in [0.2, 0.25) is 0 Å². The van der Waals surface area contributed by atoms with Gasteiger partial charge < -0.3 is 25.3 Å². The van der Waals surface area contributed by atoms with E-state index in [9.17, 15) is 5.11 Å². The molecule has 0 spiro atoms. The van der Waals surface area contributed by atoms with Gasteiger partial charge in [0.05, 0.1) is 19.0 Å². The minimum absolute atomic E-state index is 0. The second-order valence-corrected chi connectivity index (χ2v) is 3.88. The van der Waals surface area contributed by atoms with Gasteiger partial charge in [-0.15, -0.1) is 0 Å². The van der Waals surface area contributed by atoms with Gasteiger partial charge in [-0.1, -0.05) is 6.92 Å². The van der Waals surface area contributed by atoms with E-state index < -0.39 is 0 Å². The van der Waals surface area contributed by atoms with E-state index in [1.54, 1.807) is 25.1 Å². The van der Waals surface area contributed by atoms with Crippen molar-refractivity contribution < 1.29 is 14.9 Å². The quantitative estimate of drug-likeness (QED) is 0.528. The molecular formula is C11H19BkN5O3. The molecule has 0 aliphatic carbocycles. The fraction of sp³-hybridized carbons (Fsp3) is 0.545. The maximum Gasteiger partial charge on any atom is 0.244 e. The van der Waals surface area contributed by atoms with E-state index in [2.05, 4.69) is 15.0 Å². The first-order valence-electron chi connectivity index (χ1n) is 5.80. The Morgan fingerprint density at radius 1 is 1.45 bits per heavy atom. The number of aliphatic hydroxyl groups excluding tert-OH is 1. The van der Waals surface area contributed by atoms with Gasteiger partial charge in [0, 0.05) is 14.2 Å². The van der Waals surface area contributed by atoms with Crippen molar-refractivity contribution in [3.8, 4) is 5.88 Å². The van der Waals surface area contributed by atoms with Crippen molar-refractivity contribution in [1.82, 2.24) is 19.5 Å². The fourth-order valence-corrected chi connectivity index (χ4v) is 1.38. The summed E-state index contributed by atoms with van der Waals surface area (Å²) in [5.41, 5.74) is 6.22. The molecule has 1 radical (unpaired) electrons. The van der Waals surface area contributed by atoms with Gasteiger partial charge in [0.1, 0.15) is 0 Å². The molecule has 2 rings (SSSR count). The molecule has 9 heteroatoms.